The first-order valence-corrected chi connectivity index (χ1v) is 11.0. The molecular formula is C26H23N3O7. The van der Waals surface area contributed by atoms with Crippen LogP contribution in [0, 0.1) is 10.1 Å². The topological polar surface area (TPSA) is 133 Å². The molecule has 1 aliphatic rings. The van der Waals surface area contributed by atoms with Crippen LogP contribution in [0.1, 0.15) is 21.5 Å². The van der Waals surface area contributed by atoms with Gasteiger partial charge in [0, 0.05) is 24.9 Å². The number of phenols is 1. The lowest BCUT2D eigenvalue weighted by Gasteiger charge is -2.37. The van der Waals surface area contributed by atoms with Crippen LogP contribution in [-0.2, 0) is 17.8 Å². The van der Waals surface area contributed by atoms with Gasteiger partial charge < -0.3 is 24.7 Å². The van der Waals surface area contributed by atoms with Crippen molar-refractivity contribution in [3.8, 4) is 11.5 Å². The van der Waals surface area contributed by atoms with Crippen LogP contribution in [0.3, 0.4) is 0 Å². The average Bonchev–Trinajstić information content (AvgIpc) is 2.87. The van der Waals surface area contributed by atoms with E-state index in [4.69, 9.17) is 4.74 Å². The summed E-state index contributed by atoms with van der Waals surface area (Å²) in [5, 5.41) is 30.7. The van der Waals surface area contributed by atoms with Gasteiger partial charge in [0.15, 0.2) is 0 Å². The highest BCUT2D eigenvalue weighted by Crippen LogP contribution is 2.34. The van der Waals surface area contributed by atoms with Gasteiger partial charge in [0.25, 0.3) is 5.69 Å². The van der Waals surface area contributed by atoms with Crippen LogP contribution in [0.5, 0.6) is 11.5 Å². The van der Waals surface area contributed by atoms with Crippen LogP contribution in [0.4, 0.5) is 11.4 Å². The Hall–Kier alpha value is -4.86. The lowest BCUT2D eigenvalue weighted by Crippen LogP contribution is -2.49. The predicted octanol–water partition coefficient (Wildman–Crippen LogP) is 3.94. The Morgan fingerprint density at radius 2 is 1.69 bits per heavy atom. The molecule has 0 aromatic heterocycles. The van der Waals surface area contributed by atoms with Crippen LogP contribution >= 0.6 is 0 Å². The van der Waals surface area contributed by atoms with Crippen LogP contribution in [0.2, 0.25) is 0 Å². The van der Waals surface area contributed by atoms with E-state index in [0.717, 1.165) is 17.2 Å². The molecule has 1 aliphatic heterocycles. The number of methoxy groups -OCH3 is 1. The van der Waals surface area contributed by atoms with E-state index in [9.17, 15) is 29.9 Å². The van der Waals surface area contributed by atoms with Gasteiger partial charge in [0.2, 0.25) is 5.91 Å². The second kappa shape index (κ2) is 10.2. The normalized spacial score (nSPS) is 15.1. The van der Waals surface area contributed by atoms with Crippen molar-refractivity contribution < 1.29 is 29.5 Å². The van der Waals surface area contributed by atoms with E-state index in [1.807, 2.05) is 12.1 Å². The summed E-state index contributed by atoms with van der Waals surface area (Å²) >= 11 is 0. The Morgan fingerprint density at radius 1 is 1.03 bits per heavy atom. The second-order valence-electron chi connectivity index (χ2n) is 8.17. The van der Waals surface area contributed by atoms with Gasteiger partial charge in [-0.05, 0) is 47.5 Å². The molecule has 10 nitrogen and oxygen atoms in total. The Kier molecular flexibility index (Phi) is 6.86. The number of ether oxygens (including phenoxy) is 1. The molecule has 3 aromatic carbocycles. The first kappa shape index (κ1) is 24.3. The molecule has 36 heavy (non-hydrogen) atoms. The number of aromatic hydroxyl groups is 1. The van der Waals surface area contributed by atoms with Crippen molar-refractivity contribution in [2.45, 2.75) is 19.0 Å². The first-order chi connectivity index (χ1) is 17.3. The molecular weight excluding hydrogens is 466 g/mol. The highest BCUT2D eigenvalue weighted by molar-refractivity contribution is 5.92. The number of phenolic OH excluding ortho intramolecular Hbond substituents is 1. The van der Waals surface area contributed by atoms with Gasteiger partial charge in [-0.25, -0.2) is 4.79 Å². The molecule has 3 aromatic rings. The lowest BCUT2D eigenvalue weighted by molar-refractivity contribution is -0.384. The number of benzene rings is 3. The zero-order valence-electron chi connectivity index (χ0n) is 19.3. The highest BCUT2D eigenvalue weighted by atomic mass is 16.6. The number of amides is 1. The standard InChI is InChI=1S/C26H23N3O7/c1-36-21-9-4-18(5-10-21)16-27-12-13-28(22-11-6-19(26(32)33)15-23(22)29(34)35)24(25(27)31)14-17-2-7-20(30)8-3-17/h2-13,15,24,30H,14,16H2,1H3,(H,32,33)/t24-/m0/s1. The van der Waals surface area contributed by atoms with Crippen LogP contribution in [-0.4, -0.2) is 45.1 Å². The first-order valence-electron chi connectivity index (χ1n) is 11.0. The summed E-state index contributed by atoms with van der Waals surface area (Å²) in [5.74, 6) is -0.821. The number of nitro benzene ring substituents is 1. The fourth-order valence-corrected chi connectivity index (χ4v) is 4.01. The number of carboxylic acids is 1. The van der Waals surface area contributed by atoms with E-state index in [0.29, 0.717) is 5.75 Å². The van der Waals surface area contributed by atoms with Crippen molar-refractivity contribution in [3.63, 3.8) is 0 Å². The van der Waals surface area contributed by atoms with Crippen LogP contribution in [0.25, 0.3) is 0 Å². The molecule has 0 radical (unpaired) electrons. The van der Waals surface area contributed by atoms with E-state index < -0.39 is 22.6 Å². The Morgan fingerprint density at radius 3 is 2.31 bits per heavy atom. The summed E-state index contributed by atoms with van der Waals surface area (Å²) in [5.41, 5.74) is 1.05. The van der Waals surface area contributed by atoms with Crippen molar-refractivity contribution in [1.82, 2.24) is 4.90 Å². The van der Waals surface area contributed by atoms with Crippen molar-refractivity contribution in [1.29, 1.82) is 0 Å². The monoisotopic (exact) mass is 489 g/mol. The summed E-state index contributed by atoms with van der Waals surface area (Å²) in [4.78, 5) is 39.2. The predicted molar refractivity (Wildman–Crippen MR) is 131 cm³/mol. The van der Waals surface area contributed by atoms with Gasteiger partial charge in [-0.3, -0.25) is 14.9 Å². The molecule has 1 amide bonds. The van der Waals surface area contributed by atoms with Crippen LogP contribution in [0.15, 0.2) is 79.1 Å². The Balaban J connectivity index is 1.72. The maximum Gasteiger partial charge on any atom is 0.335 e. The average molecular weight is 489 g/mol. The fourth-order valence-electron chi connectivity index (χ4n) is 4.01. The zero-order valence-corrected chi connectivity index (χ0v) is 19.3. The molecule has 0 unspecified atom stereocenters. The molecule has 0 saturated carbocycles. The van der Waals surface area contributed by atoms with Gasteiger partial charge >= 0.3 is 5.97 Å². The molecule has 0 fully saturated rings. The summed E-state index contributed by atoms with van der Waals surface area (Å²) < 4.78 is 5.18. The molecule has 0 spiro atoms. The maximum absolute atomic E-state index is 13.7. The summed E-state index contributed by atoms with van der Waals surface area (Å²) in [6, 6.07) is 16.4. The molecule has 4 rings (SSSR count). The molecule has 0 bridgehead atoms. The summed E-state index contributed by atoms with van der Waals surface area (Å²) in [6.45, 7) is 0.277. The van der Waals surface area contributed by atoms with Crippen molar-refractivity contribution in [2.75, 3.05) is 12.0 Å². The number of hydrogen-bond acceptors (Lipinski definition) is 7. The second-order valence-corrected chi connectivity index (χ2v) is 8.17. The van der Waals surface area contributed by atoms with Gasteiger partial charge in [-0.2, -0.15) is 0 Å². The number of nitrogens with zero attached hydrogens (tertiary/aromatic N) is 3. The third kappa shape index (κ3) is 5.12. The molecule has 1 atom stereocenters. The number of carbonyl (C=O) groups excluding carboxylic acids is 1. The zero-order chi connectivity index (χ0) is 25.8. The number of nitro groups is 1. The van der Waals surface area contributed by atoms with Crippen molar-refractivity contribution >= 4 is 23.3 Å². The van der Waals surface area contributed by atoms with Gasteiger partial charge in [0.1, 0.15) is 23.2 Å². The van der Waals surface area contributed by atoms with Crippen LogP contribution < -0.4 is 9.64 Å². The fraction of sp³-hybridized carbons (Fsp3) is 0.154. The van der Waals surface area contributed by atoms with E-state index in [2.05, 4.69) is 0 Å². The van der Waals surface area contributed by atoms with E-state index in [1.165, 1.54) is 34.1 Å². The number of carboxylic acid groups (broad SMARTS) is 1. The number of anilines is 1. The number of carbonyl (C=O) groups is 2. The van der Waals surface area contributed by atoms with Crippen molar-refractivity contribution in [2.24, 2.45) is 0 Å². The molecule has 10 heteroatoms. The van der Waals surface area contributed by atoms with Crippen molar-refractivity contribution in [3.05, 3.63) is 106 Å². The van der Waals surface area contributed by atoms with Gasteiger partial charge in [-0.15, -0.1) is 0 Å². The summed E-state index contributed by atoms with van der Waals surface area (Å²) in [7, 11) is 1.57. The minimum Gasteiger partial charge on any atom is -0.508 e. The molecule has 184 valence electrons. The van der Waals surface area contributed by atoms with E-state index in [-0.39, 0.29) is 35.9 Å². The summed E-state index contributed by atoms with van der Waals surface area (Å²) in [6.07, 6.45) is 3.33. The third-order valence-corrected chi connectivity index (χ3v) is 5.89. The smallest absolute Gasteiger partial charge is 0.335 e. The number of hydrogen-bond donors (Lipinski definition) is 2. The molecule has 0 aliphatic carbocycles. The largest absolute Gasteiger partial charge is 0.508 e. The van der Waals surface area contributed by atoms with Gasteiger partial charge in [-0.1, -0.05) is 24.3 Å². The SMILES string of the molecule is COc1ccc(CN2C=CN(c3ccc(C(=O)O)cc3[N+](=O)[O-])[C@@H](Cc3ccc(O)cc3)C2=O)cc1. The highest BCUT2D eigenvalue weighted by Gasteiger charge is 2.35. The number of aromatic carboxylic acids is 1. The minimum absolute atomic E-state index is 0.0755. The molecule has 1 heterocycles. The minimum atomic E-state index is -1.29. The Bertz CT molecular complexity index is 1320. The molecule has 0 saturated heterocycles. The Labute approximate surface area is 206 Å². The quantitative estimate of drug-likeness (QED) is 0.359. The van der Waals surface area contributed by atoms with Gasteiger partial charge in [0.05, 0.1) is 24.1 Å². The van der Waals surface area contributed by atoms with E-state index in [1.54, 1.807) is 43.8 Å². The maximum atomic E-state index is 13.7. The number of rotatable bonds is 8. The third-order valence-electron chi connectivity index (χ3n) is 5.89. The van der Waals surface area contributed by atoms with E-state index >= 15 is 0 Å². The lowest BCUT2D eigenvalue weighted by atomic mass is 10.0. The molecule has 2 N–H and O–H groups in total.